The van der Waals surface area contributed by atoms with Gasteiger partial charge < -0.3 is 4.74 Å². The van der Waals surface area contributed by atoms with Gasteiger partial charge in [-0.3, -0.25) is 0 Å². The number of ether oxygens (including phenoxy) is 1. The lowest BCUT2D eigenvalue weighted by atomic mass is 9.99. The summed E-state index contributed by atoms with van der Waals surface area (Å²) in [6, 6.07) is 7.73. The molecule has 1 radical (unpaired) electrons. The Balaban J connectivity index is 2.90. The van der Waals surface area contributed by atoms with Crippen molar-refractivity contribution in [1.29, 1.82) is 5.26 Å². The molecule has 0 saturated heterocycles. The molecule has 0 aliphatic rings. The second-order valence-corrected chi connectivity index (χ2v) is 3.95. The molecule has 0 saturated carbocycles. The fourth-order valence-electron chi connectivity index (χ4n) is 1.43. The molecule has 89 valence electrons. The fraction of sp³-hybridized carbons (Fsp3) is 0.333. The van der Waals surface area contributed by atoms with Crippen LogP contribution in [-0.2, 0) is 0 Å². The van der Waals surface area contributed by atoms with Gasteiger partial charge in [-0.15, -0.1) is 6.58 Å². The number of unbranched alkanes of at least 4 members (excludes halogenated alkanes) is 1. The maximum absolute atomic E-state index is 8.97. The van der Waals surface area contributed by atoms with Gasteiger partial charge in [0.1, 0.15) is 5.75 Å². The Morgan fingerprint density at radius 3 is 2.82 bits per heavy atom. The highest BCUT2D eigenvalue weighted by molar-refractivity contribution is 5.47. The van der Waals surface area contributed by atoms with Crippen LogP contribution < -0.4 is 4.74 Å². The van der Waals surface area contributed by atoms with Crippen LogP contribution in [0.25, 0.3) is 0 Å². The molecule has 2 nitrogen and oxygen atoms in total. The van der Waals surface area contributed by atoms with Crippen molar-refractivity contribution < 1.29 is 4.74 Å². The highest BCUT2D eigenvalue weighted by atomic mass is 16.5. The van der Waals surface area contributed by atoms with E-state index in [1.807, 2.05) is 19.1 Å². The molecule has 0 atom stereocenters. The third-order valence-electron chi connectivity index (χ3n) is 2.56. The van der Waals surface area contributed by atoms with Gasteiger partial charge >= 0.3 is 0 Å². The van der Waals surface area contributed by atoms with E-state index in [2.05, 4.69) is 19.6 Å². The lowest BCUT2D eigenvalue weighted by Crippen LogP contribution is -1.99. The van der Waals surface area contributed by atoms with E-state index in [1.165, 1.54) is 0 Å². The summed E-state index contributed by atoms with van der Waals surface area (Å²) in [5.74, 6) is 1.80. The van der Waals surface area contributed by atoms with Crippen molar-refractivity contribution in [3.8, 4) is 11.8 Å². The van der Waals surface area contributed by atoms with E-state index in [0.717, 1.165) is 30.1 Å². The molecular weight excluding hydrogens is 210 g/mol. The predicted octanol–water partition coefficient (Wildman–Crippen LogP) is 3.87. The molecule has 0 N–H and O–H groups in total. The van der Waals surface area contributed by atoms with E-state index in [-0.39, 0.29) is 0 Å². The van der Waals surface area contributed by atoms with E-state index in [9.17, 15) is 0 Å². The Kier molecular flexibility index (Phi) is 5.29. The van der Waals surface area contributed by atoms with Crippen LogP contribution in [0.2, 0.25) is 0 Å². The van der Waals surface area contributed by atoms with Crippen LogP contribution in [0.3, 0.4) is 0 Å². The average molecular weight is 228 g/mol. The second-order valence-electron chi connectivity index (χ2n) is 3.95. The zero-order valence-corrected chi connectivity index (χ0v) is 10.5. The van der Waals surface area contributed by atoms with Crippen LogP contribution in [0.5, 0.6) is 5.75 Å². The van der Waals surface area contributed by atoms with Crippen LogP contribution in [-0.4, -0.2) is 6.61 Å². The number of allylic oxidation sites excluding steroid dienone is 1. The molecule has 2 heteroatoms. The van der Waals surface area contributed by atoms with E-state index >= 15 is 0 Å². The molecule has 17 heavy (non-hydrogen) atoms. The van der Waals surface area contributed by atoms with E-state index in [0.29, 0.717) is 12.2 Å². The third kappa shape index (κ3) is 3.96. The minimum absolute atomic E-state index is 0.621. The SMILES string of the molecule is C=C[C](C)c1cc(C#N)cc(OCCCC)c1. The molecule has 0 bridgehead atoms. The van der Waals surface area contributed by atoms with Crippen LogP contribution in [0, 0.1) is 17.2 Å². The van der Waals surface area contributed by atoms with Gasteiger partial charge in [-0.2, -0.15) is 5.26 Å². The van der Waals surface area contributed by atoms with Crippen LogP contribution in [0.1, 0.15) is 37.8 Å². The van der Waals surface area contributed by atoms with Gasteiger partial charge in [-0.05, 0) is 30.2 Å². The molecule has 1 aromatic carbocycles. The lowest BCUT2D eigenvalue weighted by Gasteiger charge is -2.10. The van der Waals surface area contributed by atoms with Crippen molar-refractivity contribution in [2.45, 2.75) is 26.7 Å². The third-order valence-corrected chi connectivity index (χ3v) is 2.56. The maximum Gasteiger partial charge on any atom is 0.120 e. The Morgan fingerprint density at radius 2 is 2.24 bits per heavy atom. The minimum Gasteiger partial charge on any atom is -0.494 e. The van der Waals surface area contributed by atoms with Gasteiger partial charge in [-0.1, -0.05) is 26.3 Å². The molecule has 0 aliphatic heterocycles. The van der Waals surface area contributed by atoms with Crippen molar-refractivity contribution in [2.75, 3.05) is 6.61 Å². The van der Waals surface area contributed by atoms with Gasteiger partial charge in [0.15, 0.2) is 0 Å². The Bertz CT molecular complexity index is 417. The van der Waals surface area contributed by atoms with Gasteiger partial charge in [0, 0.05) is 5.92 Å². The van der Waals surface area contributed by atoms with Crippen molar-refractivity contribution in [2.24, 2.45) is 0 Å². The average Bonchev–Trinajstić information content (AvgIpc) is 2.37. The molecule has 0 spiro atoms. The smallest absolute Gasteiger partial charge is 0.120 e. The molecule has 0 amide bonds. The summed E-state index contributed by atoms with van der Waals surface area (Å²) in [5, 5.41) is 8.97. The maximum atomic E-state index is 8.97. The Morgan fingerprint density at radius 1 is 1.47 bits per heavy atom. The van der Waals surface area contributed by atoms with Gasteiger partial charge in [0.2, 0.25) is 0 Å². The largest absolute Gasteiger partial charge is 0.494 e. The molecule has 0 aliphatic carbocycles. The van der Waals surface area contributed by atoms with Gasteiger partial charge in [0.05, 0.1) is 18.2 Å². The monoisotopic (exact) mass is 228 g/mol. The minimum atomic E-state index is 0.621. The number of benzene rings is 1. The molecule has 1 aromatic rings. The highest BCUT2D eigenvalue weighted by Gasteiger charge is 2.06. The number of nitrogens with zero attached hydrogens (tertiary/aromatic N) is 1. The summed E-state index contributed by atoms with van der Waals surface area (Å²) in [6.45, 7) is 8.52. The zero-order valence-electron chi connectivity index (χ0n) is 10.5. The first kappa shape index (κ1) is 13.3. The summed E-state index contributed by atoms with van der Waals surface area (Å²) in [6.07, 6.45) is 3.91. The molecule has 0 fully saturated rings. The zero-order chi connectivity index (χ0) is 12.7. The molecular formula is C15H18NO. The Hall–Kier alpha value is -1.75. The fourth-order valence-corrected chi connectivity index (χ4v) is 1.43. The lowest BCUT2D eigenvalue weighted by molar-refractivity contribution is 0.309. The van der Waals surface area contributed by atoms with Gasteiger partial charge in [-0.25, -0.2) is 0 Å². The summed E-state index contributed by atoms with van der Waals surface area (Å²) in [5.41, 5.74) is 1.61. The standard InChI is InChI=1S/C15H18NO/c1-4-6-7-17-15-9-13(11-16)8-14(10-15)12(3)5-2/h5,8-10H,2,4,6-7H2,1,3H3. The highest BCUT2D eigenvalue weighted by Crippen LogP contribution is 2.23. The number of hydrogen-bond donors (Lipinski definition) is 0. The summed E-state index contributed by atoms with van der Waals surface area (Å²) < 4.78 is 5.63. The Labute approximate surface area is 104 Å². The second kappa shape index (κ2) is 6.75. The summed E-state index contributed by atoms with van der Waals surface area (Å²) >= 11 is 0. The number of nitriles is 1. The number of hydrogen-bond acceptors (Lipinski definition) is 2. The van der Waals surface area contributed by atoms with E-state index in [4.69, 9.17) is 10.00 Å². The van der Waals surface area contributed by atoms with Crippen LogP contribution >= 0.6 is 0 Å². The van der Waals surface area contributed by atoms with E-state index in [1.54, 1.807) is 12.1 Å². The van der Waals surface area contributed by atoms with Crippen LogP contribution in [0.15, 0.2) is 30.9 Å². The normalized spacial score (nSPS) is 10.0. The molecule has 1 rings (SSSR count). The van der Waals surface area contributed by atoms with E-state index < -0.39 is 0 Å². The first-order valence-electron chi connectivity index (χ1n) is 5.85. The first-order valence-corrected chi connectivity index (χ1v) is 5.85. The molecule has 0 heterocycles. The predicted molar refractivity (Wildman–Crippen MR) is 69.8 cm³/mol. The van der Waals surface area contributed by atoms with Gasteiger partial charge in [0.25, 0.3) is 0 Å². The first-order chi connectivity index (χ1) is 8.21. The topological polar surface area (TPSA) is 33.0 Å². The molecule has 0 unspecified atom stereocenters. The van der Waals surface area contributed by atoms with Crippen molar-refractivity contribution in [3.05, 3.63) is 47.9 Å². The number of rotatable bonds is 6. The quantitative estimate of drug-likeness (QED) is 0.692. The van der Waals surface area contributed by atoms with Crippen molar-refractivity contribution >= 4 is 0 Å². The van der Waals surface area contributed by atoms with Crippen LogP contribution in [0.4, 0.5) is 0 Å². The summed E-state index contributed by atoms with van der Waals surface area (Å²) in [4.78, 5) is 0. The van der Waals surface area contributed by atoms with Crippen molar-refractivity contribution in [3.63, 3.8) is 0 Å². The summed E-state index contributed by atoms with van der Waals surface area (Å²) in [7, 11) is 0. The molecule has 0 aromatic heterocycles. The van der Waals surface area contributed by atoms with Crippen molar-refractivity contribution in [1.82, 2.24) is 0 Å².